The number of hydrogen-bond acceptors (Lipinski definition) is 5. The number of hydrogen-bond donors (Lipinski definition) is 0. The van der Waals surface area contributed by atoms with Gasteiger partial charge in [-0.05, 0) is 61.6 Å². The maximum absolute atomic E-state index is 12.6. The predicted molar refractivity (Wildman–Crippen MR) is 96.3 cm³/mol. The first kappa shape index (κ1) is 17.3. The second-order valence-corrected chi connectivity index (χ2v) is 7.17. The number of carbonyl (C=O) groups excluding carboxylic acids is 1. The van der Waals surface area contributed by atoms with Gasteiger partial charge in [-0.25, -0.2) is 4.98 Å². The van der Waals surface area contributed by atoms with E-state index >= 15 is 0 Å². The van der Waals surface area contributed by atoms with Gasteiger partial charge in [0, 0.05) is 10.1 Å². The van der Waals surface area contributed by atoms with Gasteiger partial charge >= 0.3 is 5.97 Å². The number of nitrogens with zero attached hydrogens (tertiary/aromatic N) is 2. The second-order valence-electron chi connectivity index (χ2n) is 4.62. The van der Waals surface area contributed by atoms with E-state index in [9.17, 15) is 9.59 Å². The van der Waals surface area contributed by atoms with Crippen LogP contribution in [0.5, 0.6) is 0 Å². The number of thioether (sulfide) groups is 1. The summed E-state index contributed by atoms with van der Waals surface area (Å²) in [6, 6.07) is 5.58. The Kier molecular flexibility index (Phi) is 5.85. The molecule has 22 heavy (non-hydrogen) atoms. The van der Waals surface area contributed by atoms with E-state index in [1.807, 2.05) is 25.1 Å². The van der Waals surface area contributed by atoms with Crippen molar-refractivity contribution in [2.45, 2.75) is 37.7 Å². The highest BCUT2D eigenvalue weighted by molar-refractivity contribution is 14.1. The molecule has 0 bridgehead atoms. The monoisotopic (exact) mass is 432 g/mol. The van der Waals surface area contributed by atoms with E-state index in [1.54, 1.807) is 18.4 Å². The summed E-state index contributed by atoms with van der Waals surface area (Å²) >= 11 is 3.42. The molecule has 118 valence electrons. The Labute approximate surface area is 146 Å². The largest absolute Gasteiger partial charge is 0.465 e. The molecule has 0 aliphatic carbocycles. The number of carbonyl (C=O) groups is 1. The molecule has 0 saturated carbocycles. The first-order chi connectivity index (χ1) is 10.5. The van der Waals surface area contributed by atoms with Crippen molar-refractivity contribution in [1.29, 1.82) is 0 Å². The van der Waals surface area contributed by atoms with Crippen molar-refractivity contribution in [3.8, 4) is 0 Å². The zero-order valence-corrected chi connectivity index (χ0v) is 15.6. The third-order valence-corrected chi connectivity index (χ3v) is 4.84. The normalized spacial score (nSPS) is 12.4. The van der Waals surface area contributed by atoms with Gasteiger partial charge in [0.25, 0.3) is 5.56 Å². The van der Waals surface area contributed by atoms with Crippen LogP contribution in [-0.4, -0.2) is 27.4 Å². The number of benzene rings is 1. The van der Waals surface area contributed by atoms with Crippen LogP contribution in [0.3, 0.4) is 0 Å². The highest BCUT2D eigenvalue weighted by Crippen LogP contribution is 2.23. The summed E-state index contributed by atoms with van der Waals surface area (Å²) in [5.74, 6) is -0.299. The maximum Gasteiger partial charge on any atom is 0.319 e. The van der Waals surface area contributed by atoms with Crippen molar-refractivity contribution in [2.75, 3.05) is 6.61 Å². The maximum atomic E-state index is 12.6. The summed E-state index contributed by atoms with van der Waals surface area (Å²) in [4.78, 5) is 28.9. The lowest BCUT2D eigenvalue weighted by molar-refractivity contribution is -0.142. The Balaban J connectivity index is 2.47. The first-order valence-electron chi connectivity index (χ1n) is 7.01. The minimum Gasteiger partial charge on any atom is -0.465 e. The highest BCUT2D eigenvalue weighted by atomic mass is 127. The molecule has 1 atom stereocenters. The zero-order chi connectivity index (χ0) is 16.3. The fraction of sp³-hybridized carbons (Fsp3) is 0.400. The molecular formula is C15H17IN2O3S. The Morgan fingerprint density at radius 3 is 2.82 bits per heavy atom. The van der Waals surface area contributed by atoms with Crippen LogP contribution in [0.25, 0.3) is 10.9 Å². The molecule has 5 nitrogen and oxygen atoms in total. The summed E-state index contributed by atoms with van der Waals surface area (Å²) in [5.41, 5.74) is 0.568. The number of fused-ring (bicyclic) bond motifs is 1. The van der Waals surface area contributed by atoms with Gasteiger partial charge in [0.2, 0.25) is 0 Å². The minimum absolute atomic E-state index is 0.0791. The molecule has 0 N–H and O–H groups in total. The number of ether oxygens (including phenoxy) is 1. The number of esters is 1. The van der Waals surface area contributed by atoms with Gasteiger partial charge in [0.15, 0.2) is 5.16 Å². The van der Waals surface area contributed by atoms with Crippen LogP contribution in [0.1, 0.15) is 20.8 Å². The van der Waals surface area contributed by atoms with Crippen LogP contribution >= 0.6 is 34.4 Å². The number of aromatic nitrogens is 2. The molecule has 1 aromatic heterocycles. The van der Waals surface area contributed by atoms with E-state index in [2.05, 4.69) is 27.6 Å². The lowest BCUT2D eigenvalue weighted by atomic mass is 10.2. The summed E-state index contributed by atoms with van der Waals surface area (Å²) in [5, 5.41) is 0.731. The van der Waals surface area contributed by atoms with Gasteiger partial charge in [0.05, 0.1) is 17.5 Å². The van der Waals surface area contributed by atoms with Crippen LogP contribution in [-0.2, 0) is 16.1 Å². The molecule has 0 aliphatic rings. The predicted octanol–water partition coefficient (Wildman–Crippen LogP) is 3.06. The minimum atomic E-state index is -0.411. The van der Waals surface area contributed by atoms with Gasteiger partial charge in [0.1, 0.15) is 5.25 Å². The average molecular weight is 432 g/mol. The fourth-order valence-electron chi connectivity index (χ4n) is 2.01. The summed E-state index contributed by atoms with van der Waals surface area (Å²) < 4.78 is 7.60. The van der Waals surface area contributed by atoms with Crippen molar-refractivity contribution in [3.05, 3.63) is 32.1 Å². The van der Waals surface area contributed by atoms with Gasteiger partial charge < -0.3 is 4.74 Å². The second kappa shape index (κ2) is 7.45. The van der Waals surface area contributed by atoms with E-state index in [0.29, 0.717) is 29.2 Å². The molecule has 1 aromatic carbocycles. The van der Waals surface area contributed by atoms with E-state index in [4.69, 9.17) is 4.74 Å². The Bertz CT molecular complexity index is 760. The Morgan fingerprint density at radius 1 is 1.45 bits per heavy atom. The van der Waals surface area contributed by atoms with Gasteiger partial charge in [-0.3, -0.25) is 14.2 Å². The molecule has 0 saturated heterocycles. The molecule has 0 fully saturated rings. The summed E-state index contributed by atoms with van der Waals surface area (Å²) in [6.45, 7) is 6.26. The third kappa shape index (κ3) is 3.62. The molecule has 1 heterocycles. The lowest BCUT2D eigenvalue weighted by Crippen LogP contribution is -2.25. The Hall–Kier alpha value is -1.09. The standard InChI is InChI=1S/C15H17IN2O3S/c1-4-18-13(19)11-8-10(16)6-7-12(11)17-15(18)22-9(3)14(20)21-5-2/h6-9H,4-5H2,1-3H3/t9-/m0/s1. The van der Waals surface area contributed by atoms with Crippen LogP contribution in [0.2, 0.25) is 0 Å². The molecule has 0 radical (unpaired) electrons. The van der Waals surface area contributed by atoms with Crippen molar-refractivity contribution in [1.82, 2.24) is 9.55 Å². The molecule has 7 heteroatoms. The van der Waals surface area contributed by atoms with Crippen LogP contribution in [0.4, 0.5) is 0 Å². The molecule has 2 rings (SSSR count). The topological polar surface area (TPSA) is 61.2 Å². The summed E-state index contributed by atoms with van der Waals surface area (Å²) in [7, 11) is 0. The average Bonchev–Trinajstić information content (AvgIpc) is 2.48. The Morgan fingerprint density at radius 2 is 2.18 bits per heavy atom. The number of rotatable bonds is 5. The van der Waals surface area contributed by atoms with E-state index in [1.165, 1.54) is 11.8 Å². The van der Waals surface area contributed by atoms with Gasteiger partial charge in [-0.15, -0.1) is 0 Å². The lowest BCUT2D eigenvalue weighted by Gasteiger charge is -2.14. The molecule has 0 spiro atoms. The SMILES string of the molecule is CCOC(=O)[C@H](C)Sc1nc2ccc(I)cc2c(=O)n1CC. The third-order valence-electron chi connectivity index (χ3n) is 3.10. The van der Waals surface area contributed by atoms with Gasteiger partial charge in [-0.2, -0.15) is 0 Å². The first-order valence-corrected chi connectivity index (χ1v) is 8.97. The smallest absolute Gasteiger partial charge is 0.319 e. The van der Waals surface area contributed by atoms with E-state index in [0.717, 1.165) is 3.57 Å². The van der Waals surface area contributed by atoms with Gasteiger partial charge in [-0.1, -0.05) is 11.8 Å². The van der Waals surface area contributed by atoms with Crippen LogP contribution < -0.4 is 5.56 Å². The van der Waals surface area contributed by atoms with Crippen LogP contribution in [0.15, 0.2) is 28.2 Å². The molecule has 2 aromatic rings. The summed E-state index contributed by atoms with van der Waals surface area (Å²) in [6.07, 6.45) is 0. The fourth-order valence-corrected chi connectivity index (χ4v) is 3.47. The molecular weight excluding hydrogens is 415 g/mol. The van der Waals surface area contributed by atoms with Crippen molar-refractivity contribution in [3.63, 3.8) is 0 Å². The zero-order valence-electron chi connectivity index (χ0n) is 12.6. The molecule has 0 amide bonds. The molecule has 0 aliphatic heterocycles. The van der Waals surface area contributed by atoms with Crippen LogP contribution in [0, 0.1) is 3.57 Å². The van der Waals surface area contributed by atoms with Crippen molar-refractivity contribution < 1.29 is 9.53 Å². The quantitative estimate of drug-likeness (QED) is 0.315. The van der Waals surface area contributed by atoms with Crippen molar-refractivity contribution >= 4 is 51.2 Å². The van der Waals surface area contributed by atoms with Crippen molar-refractivity contribution in [2.24, 2.45) is 0 Å². The molecule has 0 unspecified atom stereocenters. The van der Waals surface area contributed by atoms with E-state index < -0.39 is 5.25 Å². The number of halogens is 1. The van der Waals surface area contributed by atoms with E-state index in [-0.39, 0.29) is 11.5 Å². The highest BCUT2D eigenvalue weighted by Gasteiger charge is 2.19.